The molecule has 4 aromatic rings. The second-order valence-corrected chi connectivity index (χ2v) is 9.63. The highest BCUT2D eigenvalue weighted by molar-refractivity contribution is 7.90. The van der Waals surface area contributed by atoms with Crippen LogP contribution in [0, 0.1) is 0 Å². The van der Waals surface area contributed by atoms with E-state index in [4.69, 9.17) is 0 Å². The maximum Gasteiger partial charge on any atom is 0.260 e. The number of thiophene rings is 2. The largest absolute Gasteiger partial charge is 0.612 e. The van der Waals surface area contributed by atoms with Crippen LogP contribution in [0.3, 0.4) is 0 Å². The van der Waals surface area contributed by atoms with Gasteiger partial charge in [-0.05, 0) is 40.3 Å². The second-order valence-electron chi connectivity index (χ2n) is 6.27. The lowest BCUT2D eigenvalue weighted by Gasteiger charge is -2.08. The van der Waals surface area contributed by atoms with Gasteiger partial charge in [-0.2, -0.15) is 0 Å². The van der Waals surface area contributed by atoms with Crippen molar-refractivity contribution in [3.63, 3.8) is 0 Å². The van der Waals surface area contributed by atoms with Gasteiger partial charge in [-0.25, -0.2) is 0 Å². The second kappa shape index (κ2) is 8.42. The molecule has 2 aromatic heterocycles. The van der Waals surface area contributed by atoms with Gasteiger partial charge in [-0.15, -0.1) is 11.3 Å². The third-order valence-corrected chi connectivity index (χ3v) is 7.21. The zero-order valence-electron chi connectivity index (χ0n) is 15.4. The number of carbonyl (C=O) groups excluding carboxylic acids is 1. The third-order valence-electron chi connectivity index (χ3n) is 4.42. The van der Waals surface area contributed by atoms with E-state index in [2.05, 4.69) is 5.32 Å². The van der Waals surface area contributed by atoms with Crippen LogP contribution in [0.4, 0.5) is 0 Å². The van der Waals surface area contributed by atoms with Gasteiger partial charge in [0.1, 0.15) is 11.8 Å². The number of hydrogen-bond acceptors (Lipinski definition) is 5. The number of nitrogens with one attached hydrogen (secondary N) is 1. The van der Waals surface area contributed by atoms with E-state index in [0.717, 1.165) is 32.1 Å². The SMILES string of the molecule is C[S+]([O-])c1ccc2sc(O)c(C(=O)NC=C(c3ccccc3)c3cccs3)c2c1. The van der Waals surface area contributed by atoms with Crippen molar-refractivity contribution in [1.82, 2.24) is 5.32 Å². The Morgan fingerprint density at radius 2 is 1.93 bits per heavy atom. The Kier molecular flexibility index (Phi) is 5.73. The van der Waals surface area contributed by atoms with Crippen molar-refractivity contribution < 1.29 is 14.5 Å². The fourth-order valence-electron chi connectivity index (χ4n) is 3.02. The van der Waals surface area contributed by atoms with E-state index in [1.807, 2.05) is 47.8 Å². The summed E-state index contributed by atoms with van der Waals surface area (Å²) in [5, 5.41) is 15.7. The Morgan fingerprint density at radius 3 is 2.62 bits per heavy atom. The molecule has 0 saturated carbocycles. The van der Waals surface area contributed by atoms with Gasteiger partial charge in [0.2, 0.25) is 0 Å². The lowest BCUT2D eigenvalue weighted by atomic mass is 10.1. The zero-order valence-corrected chi connectivity index (χ0v) is 17.9. The highest BCUT2D eigenvalue weighted by Crippen LogP contribution is 2.38. The van der Waals surface area contributed by atoms with Crippen molar-refractivity contribution >= 4 is 55.4 Å². The summed E-state index contributed by atoms with van der Waals surface area (Å²) in [4.78, 5) is 14.6. The molecule has 0 spiro atoms. The monoisotopic (exact) mass is 439 g/mol. The summed E-state index contributed by atoms with van der Waals surface area (Å²) >= 11 is 1.55. The van der Waals surface area contributed by atoms with Crippen LogP contribution in [-0.2, 0) is 11.2 Å². The standard InChI is InChI=1S/C22H17NO3S3/c1-29(26)15-9-10-19-16(12-15)20(22(25)28-19)21(24)23-13-17(18-8-5-11-27-18)14-6-3-2-4-7-14/h2-13,25H,1H3,(H,23,24). The van der Waals surface area contributed by atoms with Gasteiger partial charge in [-0.3, -0.25) is 4.79 Å². The molecule has 0 aliphatic carbocycles. The van der Waals surface area contributed by atoms with Crippen LogP contribution in [0.5, 0.6) is 5.06 Å². The first kappa shape index (κ1) is 19.7. The first-order chi connectivity index (χ1) is 14.0. The highest BCUT2D eigenvalue weighted by atomic mass is 32.2. The van der Waals surface area contributed by atoms with Crippen molar-refractivity contribution in [1.29, 1.82) is 0 Å². The smallest absolute Gasteiger partial charge is 0.260 e. The van der Waals surface area contributed by atoms with E-state index in [1.54, 1.807) is 42.0 Å². The molecule has 4 nitrogen and oxygen atoms in total. The average Bonchev–Trinajstić information content (AvgIpc) is 3.35. The molecule has 0 bridgehead atoms. The van der Waals surface area contributed by atoms with Gasteiger partial charge in [0.25, 0.3) is 5.91 Å². The van der Waals surface area contributed by atoms with Crippen molar-refractivity contribution in [2.24, 2.45) is 0 Å². The summed E-state index contributed by atoms with van der Waals surface area (Å²) in [6.07, 6.45) is 3.26. The number of aromatic hydroxyl groups is 1. The molecule has 0 saturated heterocycles. The fraction of sp³-hybridized carbons (Fsp3) is 0.0455. The molecule has 2 N–H and O–H groups in total. The number of amides is 1. The van der Waals surface area contributed by atoms with E-state index >= 15 is 0 Å². The Balaban J connectivity index is 1.71. The minimum absolute atomic E-state index is 0.0534. The third kappa shape index (κ3) is 4.09. The number of benzene rings is 2. The van der Waals surface area contributed by atoms with Gasteiger partial charge >= 0.3 is 0 Å². The van der Waals surface area contributed by atoms with E-state index < -0.39 is 17.1 Å². The molecular formula is C22H17NO3S3. The van der Waals surface area contributed by atoms with Crippen molar-refractivity contribution in [2.75, 3.05) is 6.26 Å². The van der Waals surface area contributed by atoms with Crippen LogP contribution < -0.4 is 5.32 Å². The summed E-state index contributed by atoms with van der Waals surface area (Å²) in [6, 6.07) is 19.0. The maximum atomic E-state index is 12.9. The van der Waals surface area contributed by atoms with E-state index in [0.29, 0.717) is 10.3 Å². The molecule has 0 aliphatic heterocycles. The Morgan fingerprint density at radius 1 is 1.14 bits per heavy atom. The van der Waals surface area contributed by atoms with Crippen LogP contribution >= 0.6 is 22.7 Å². The summed E-state index contributed by atoms with van der Waals surface area (Å²) in [7, 11) is 0. The Bertz CT molecular complexity index is 1180. The molecule has 7 heteroatoms. The topological polar surface area (TPSA) is 72.4 Å². The summed E-state index contributed by atoms with van der Waals surface area (Å²) in [5.41, 5.74) is 2.08. The average molecular weight is 440 g/mol. The zero-order chi connectivity index (χ0) is 20.4. The van der Waals surface area contributed by atoms with Crippen LogP contribution in [0.25, 0.3) is 15.7 Å². The van der Waals surface area contributed by atoms with E-state index in [-0.39, 0.29) is 10.6 Å². The molecule has 29 heavy (non-hydrogen) atoms. The molecule has 0 radical (unpaired) electrons. The number of carbonyl (C=O) groups is 1. The molecule has 146 valence electrons. The Labute approximate surface area is 179 Å². The van der Waals surface area contributed by atoms with Crippen molar-refractivity contribution in [3.8, 4) is 5.06 Å². The lowest BCUT2D eigenvalue weighted by molar-refractivity contribution is 0.0970. The molecule has 0 aliphatic rings. The summed E-state index contributed by atoms with van der Waals surface area (Å²) in [6.45, 7) is 0. The Hall–Kier alpha value is -2.58. The van der Waals surface area contributed by atoms with Gasteiger partial charge in [0.15, 0.2) is 9.96 Å². The molecule has 1 unspecified atom stereocenters. The number of hydrogen-bond donors (Lipinski definition) is 2. The quantitative estimate of drug-likeness (QED) is 0.419. The molecule has 2 aromatic carbocycles. The van der Waals surface area contributed by atoms with E-state index in [1.165, 1.54) is 0 Å². The first-order valence-electron chi connectivity index (χ1n) is 8.74. The normalized spacial score (nSPS) is 12.8. The van der Waals surface area contributed by atoms with Crippen LogP contribution in [0.2, 0.25) is 0 Å². The fourth-order valence-corrected chi connectivity index (χ4v) is 5.25. The first-order valence-corrected chi connectivity index (χ1v) is 12.0. The van der Waals surface area contributed by atoms with Crippen LogP contribution in [-0.4, -0.2) is 21.8 Å². The lowest BCUT2D eigenvalue weighted by Crippen LogP contribution is -2.17. The molecule has 4 rings (SSSR count). The highest BCUT2D eigenvalue weighted by Gasteiger charge is 2.20. The summed E-state index contributed by atoms with van der Waals surface area (Å²) < 4.78 is 12.6. The van der Waals surface area contributed by atoms with Crippen molar-refractivity contribution in [2.45, 2.75) is 4.90 Å². The number of fused-ring (bicyclic) bond motifs is 1. The predicted molar refractivity (Wildman–Crippen MR) is 121 cm³/mol. The molecule has 2 heterocycles. The minimum Gasteiger partial charge on any atom is -0.612 e. The van der Waals surface area contributed by atoms with E-state index in [9.17, 15) is 14.5 Å². The predicted octanol–water partition coefficient (Wildman–Crippen LogP) is 5.23. The maximum absolute atomic E-state index is 12.9. The minimum atomic E-state index is -1.17. The van der Waals surface area contributed by atoms with Gasteiger partial charge < -0.3 is 15.0 Å². The summed E-state index contributed by atoms with van der Waals surface area (Å²) in [5.74, 6) is -0.405. The van der Waals surface area contributed by atoms with Gasteiger partial charge in [0.05, 0.1) is 0 Å². The number of rotatable bonds is 5. The van der Waals surface area contributed by atoms with Crippen LogP contribution in [0.1, 0.15) is 20.8 Å². The van der Waals surface area contributed by atoms with Gasteiger partial charge in [-0.1, -0.05) is 47.7 Å². The molecular weight excluding hydrogens is 422 g/mol. The van der Waals surface area contributed by atoms with Gasteiger partial charge in [0, 0.05) is 32.8 Å². The van der Waals surface area contributed by atoms with Crippen LogP contribution in [0.15, 0.2) is 77.1 Å². The van der Waals surface area contributed by atoms with Crippen molar-refractivity contribution in [3.05, 3.63) is 88.2 Å². The molecule has 1 atom stereocenters. The molecule has 1 amide bonds. The molecule has 0 fully saturated rings.